The van der Waals surface area contributed by atoms with E-state index in [0.717, 1.165) is 13.0 Å². The largest absolute Gasteiger partial charge is 0.499 e. The van der Waals surface area contributed by atoms with Crippen LogP contribution in [-0.2, 0) is 9.47 Å². The normalized spacial score (nSPS) is 23.4. The lowest BCUT2D eigenvalue weighted by Gasteiger charge is -2.19. The number of hydrogen-bond donors (Lipinski definition) is 0. The monoisotopic (exact) mass is 198 g/mol. The molecule has 0 aromatic carbocycles. The summed E-state index contributed by atoms with van der Waals surface area (Å²) >= 11 is 0. The highest BCUT2D eigenvalue weighted by Crippen LogP contribution is 2.13. The van der Waals surface area contributed by atoms with Crippen molar-refractivity contribution in [2.45, 2.75) is 52.1 Å². The van der Waals surface area contributed by atoms with Crippen molar-refractivity contribution in [2.75, 3.05) is 13.2 Å². The molecule has 0 radical (unpaired) electrons. The Bertz CT molecular complexity index is 163. The van der Waals surface area contributed by atoms with Crippen molar-refractivity contribution < 1.29 is 9.47 Å². The molecule has 1 rings (SSSR count). The van der Waals surface area contributed by atoms with E-state index in [-0.39, 0.29) is 0 Å². The van der Waals surface area contributed by atoms with Gasteiger partial charge in [-0.1, -0.05) is 19.3 Å². The molecule has 1 unspecified atom stereocenters. The average Bonchev–Trinajstić information content (AvgIpc) is 2.07. The molecular weight excluding hydrogens is 176 g/mol. The highest BCUT2D eigenvalue weighted by Gasteiger charge is 2.11. The van der Waals surface area contributed by atoms with Crippen LogP contribution in [0.1, 0.15) is 46.0 Å². The second kappa shape index (κ2) is 6.88. The van der Waals surface area contributed by atoms with E-state index >= 15 is 0 Å². The quantitative estimate of drug-likeness (QED) is 0.648. The van der Waals surface area contributed by atoms with Gasteiger partial charge in [0.2, 0.25) is 0 Å². The second-order valence-electron chi connectivity index (χ2n) is 4.22. The third-order valence-electron chi connectivity index (χ3n) is 2.38. The molecule has 1 fully saturated rings. The van der Waals surface area contributed by atoms with Crippen molar-refractivity contribution in [3.05, 3.63) is 11.8 Å². The molecule has 2 nitrogen and oxygen atoms in total. The van der Waals surface area contributed by atoms with Gasteiger partial charge in [0.25, 0.3) is 0 Å². The molecule has 1 aliphatic rings. The molecule has 0 aromatic heterocycles. The zero-order valence-electron chi connectivity index (χ0n) is 9.42. The molecule has 0 saturated carbocycles. The van der Waals surface area contributed by atoms with Gasteiger partial charge >= 0.3 is 0 Å². The minimum Gasteiger partial charge on any atom is -0.499 e. The maximum Gasteiger partial charge on any atom is 0.113 e. The summed E-state index contributed by atoms with van der Waals surface area (Å²) in [4.78, 5) is 0. The number of ether oxygens (including phenoxy) is 2. The minimum atomic E-state index is 0.311. The van der Waals surface area contributed by atoms with Gasteiger partial charge in [-0.05, 0) is 32.3 Å². The van der Waals surface area contributed by atoms with E-state index in [0.29, 0.717) is 12.7 Å². The van der Waals surface area contributed by atoms with Crippen LogP contribution in [0.25, 0.3) is 0 Å². The van der Waals surface area contributed by atoms with Crippen LogP contribution < -0.4 is 0 Å². The first-order valence-electron chi connectivity index (χ1n) is 5.65. The van der Waals surface area contributed by atoms with Gasteiger partial charge in [-0.15, -0.1) is 0 Å². The second-order valence-corrected chi connectivity index (χ2v) is 4.22. The van der Waals surface area contributed by atoms with Crippen LogP contribution in [0.3, 0.4) is 0 Å². The van der Waals surface area contributed by atoms with Crippen LogP contribution in [0.5, 0.6) is 0 Å². The van der Waals surface area contributed by atoms with Crippen LogP contribution in [-0.4, -0.2) is 19.3 Å². The fourth-order valence-electron chi connectivity index (χ4n) is 1.61. The topological polar surface area (TPSA) is 18.5 Å². The summed E-state index contributed by atoms with van der Waals surface area (Å²) in [7, 11) is 0. The molecule has 2 heteroatoms. The summed E-state index contributed by atoms with van der Waals surface area (Å²) in [6.07, 6.45) is 8.44. The highest BCUT2D eigenvalue weighted by atomic mass is 16.5. The standard InChI is InChI=1S/C12H22O2/c1-11(2)9-13-10-12-7-5-3-4-6-8-14-12/h9,12H,3-8,10H2,1-2H3. The maximum atomic E-state index is 5.71. The van der Waals surface area contributed by atoms with E-state index in [4.69, 9.17) is 9.47 Å². The summed E-state index contributed by atoms with van der Waals surface area (Å²) in [5.74, 6) is 0. The van der Waals surface area contributed by atoms with Gasteiger partial charge in [0.1, 0.15) is 6.61 Å². The van der Waals surface area contributed by atoms with Crippen molar-refractivity contribution in [1.82, 2.24) is 0 Å². The fourth-order valence-corrected chi connectivity index (χ4v) is 1.61. The number of allylic oxidation sites excluding steroid dienone is 1. The van der Waals surface area contributed by atoms with Crippen LogP contribution in [0.15, 0.2) is 11.8 Å². The Labute approximate surface area is 87.3 Å². The first kappa shape index (κ1) is 11.6. The molecular formula is C12H22O2. The third kappa shape index (κ3) is 5.28. The molecule has 1 saturated heterocycles. The lowest BCUT2D eigenvalue weighted by molar-refractivity contribution is -0.00530. The van der Waals surface area contributed by atoms with Crippen LogP contribution >= 0.6 is 0 Å². The van der Waals surface area contributed by atoms with Crippen LogP contribution in [0.4, 0.5) is 0 Å². The smallest absolute Gasteiger partial charge is 0.113 e. The fraction of sp³-hybridized carbons (Fsp3) is 0.833. The van der Waals surface area contributed by atoms with Gasteiger partial charge in [0.15, 0.2) is 0 Å². The van der Waals surface area contributed by atoms with Gasteiger partial charge < -0.3 is 9.47 Å². The Morgan fingerprint density at radius 3 is 2.86 bits per heavy atom. The van der Waals surface area contributed by atoms with Crippen molar-refractivity contribution in [2.24, 2.45) is 0 Å². The summed E-state index contributed by atoms with van der Waals surface area (Å²) in [6, 6.07) is 0. The summed E-state index contributed by atoms with van der Waals surface area (Å²) < 4.78 is 11.2. The average molecular weight is 198 g/mol. The summed E-state index contributed by atoms with van der Waals surface area (Å²) in [5, 5.41) is 0. The van der Waals surface area contributed by atoms with Crippen molar-refractivity contribution in [1.29, 1.82) is 0 Å². The molecule has 0 N–H and O–H groups in total. The van der Waals surface area contributed by atoms with Crippen molar-refractivity contribution in [3.63, 3.8) is 0 Å². The minimum absolute atomic E-state index is 0.311. The number of hydrogen-bond acceptors (Lipinski definition) is 2. The van der Waals surface area contributed by atoms with Crippen molar-refractivity contribution >= 4 is 0 Å². The summed E-state index contributed by atoms with van der Waals surface area (Å²) in [5.41, 5.74) is 1.20. The summed E-state index contributed by atoms with van der Waals surface area (Å²) in [6.45, 7) is 5.70. The lowest BCUT2D eigenvalue weighted by Crippen LogP contribution is -2.21. The van der Waals surface area contributed by atoms with Crippen molar-refractivity contribution in [3.8, 4) is 0 Å². The lowest BCUT2D eigenvalue weighted by atomic mass is 10.1. The highest BCUT2D eigenvalue weighted by molar-refractivity contribution is 4.86. The molecule has 0 bridgehead atoms. The van der Waals surface area contributed by atoms with Gasteiger partial charge in [0.05, 0.1) is 12.4 Å². The van der Waals surface area contributed by atoms with Gasteiger partial charge in [-0.3, -0.25) is 0 Å². The molecule has 0 aliphatic carbocycles. The van der Waals surface area contributed by atoms with E-state index in [9.17, 15) is 0 Å². The van der Waals surface area contributed by atoms with Gasteiger partial charge in [0, 0.05) is 6.61 Å². The molecule has 1 heterocycles. The molecule has 82 valence electrons. The molecule has 1 aliphatic heterocycles. The Balaban J connectivity index is 2.17. The van der Waals surface area contributed by atoms with E-state index in [1.165, 1.54) is 31.3 Å². The zero-order valence-corrected chi connectivity index (χ0v) is 9.42. The van der Waals surface area contributed by atoms with Crippen LogP contribution in [0.2, 0.25) is 0 Å². The Morgan fingerprint density at radius 2 is 2.07 bits per heavy atom. The van der Waals surface area contributed by atoms with Crippen LogP contribution in [0, 0.1) is 0 Å². The van der Waals surface area contributed by atoms with E-state index in [1.807, 2.05) is 20.1 Å². The van der Waals surface area contributed by atoms with Gasteiger partial charge in [-0.2, -0.15) is 0 Å². The molecule has 14 heavy (non-hydrogen) atoms. The SMILES string of the molecule is CC(C)=COCC1CCCCCCO1. The van der Waals surface area contributed by atoms with E-state index < -0.39 is 0 Å². The predicted octanol–water partition coefficient (Wildman–Crippen LogP) is 3.28. The predicted molar refractivity (Wildman–Crippen MR) is 58.2 cm³/mol. The van der Waals surface area contributed by atoms with E-state index in [1.54, 1.807) is 0 Å². The Kier molecular flexibility index (Phi) is 5.69. The maximum absolute atomic E-state index is 5.71. The molecule has 0 aromatic rings. The first-order valence-corrected chi connectivity index (χ1v) is 5.65. The zero-order chi connectivity index (χ0) is 10.2. The Morgan fingerprint density at radius 1 is 1.29 bits per heavy atom. The van der Waals surface area contributed by atoms with Gasteiger partial charge in [-0.25, -0.2) is 0 Å². The third-order valence-corrected chi connectivity index (χ3v) is 2.38. The first-order chi connectivity index (χ1) is 6.79. The Hall–Kier alpha value is -0.500. The van der Waals surface area contributed by atoms with E-state index in [2.05, 4.69) is 0 Å². The molecule has 1 atom stereocenters. The molecule has 0 spiro atoms. The number of rotatable bonds is 3. The molecule has 0 amide bonds.